The fourth-order valence-corrected chi connectivity index (χ4v) is 1.82. The lowest BCUT2D eigenvalue weighted by molar-refractivity contribution is 0.633. The van der Waals surface area contributed by atoms with Crippen molar-refractivity contribution in [3.8, 4) is 0 Å². The van der Waals surface area contributed by atoms with E-state index in [2.05, 4.69) is 6.92 Å². The molecule has 0 unspecified atom stereocenters. The van der Waals surface area contributed by atoms with Gasteiger partial charge >= 0.3 is 0 Å². The minimum atomic E-state index is 0.838. The number of benzene rings is 1. The molecule has 0 heterocycles. The standard InChI is InChI=1S/C13H22N2/c1-2-3-4-5-6-8-11-12(14)9-7-10-13(11)15/h7,9-10H,2-6,8,14-15H2,1H3. The van der Waals surface area contributed by atoms with E-state index in [1.807, 2.05) is 18.2 Å². The van der Waals surface area contributed by atoms with Gasteiger partial charge in [-0.3, -0.25) is 0 Å². The molecule has 0 fully saturated rings. The van der Waals surface area contributed by atoms with Crippen LogP contribution in [0.15, 0.2) is 18.2 Å². The molecule has 1 aromatic carbocycles. The average Bonchev–Trinajstić information content (AvgIpc) is 2.21. The maximum atomic E-state index is 5.88. The largest absolute Gasteiger partial charge is 0.398 e. The van der Waals surface area contributed by atoms with Gasteiger partial charge in [0.25, 0.3) is 0 Å². The highest BCUT2D eigenvalue weighted by Crippen LogP contribution is 2.21. The van der Waals surface area contributed by atoms with Gasteiger partial charge in [0.2, 0.25) is 0 Å². The Kier molecular flexibility index (Phi) is 5.02. The van der Waals surface area contributed by atoms with Gasteiger partial charge in [0.05, 0.1) is 0 Å². The molecule has 0 atom stereocenters. The second-order valence-electron chi connectivity index (χ2n) is 4.08. The molecule has 0 saturated carbocycles. The smallest absolute Gasteiger partial charge is 0.0367 e. The third-order valence-electron chi connectivity index (χ3n) is 2.78. The van der Waals surface area contributed by atoms with Gasteiger partial charge in [0.1, 0.15) is 0 Å². The summed E-state index contributed by atoms with van der Waals surface area (Å²) in [6.07, 6.45) is 7.43. The number of hydrogen-bond acceptors (Lipinski definition) is 2. The summed E-state index contributed by atoms with van der Waals surface area (Å²) in [7, 11) is 0. The van der Waals surface area contributed by atoms with Crippen LogP contribution in [0.4, 0.5) is 11.4 Å². The second kappa shape index (κ2) is 6.33. The Morgan fingerprint density at radius 3 is 2.13 bits per heavy atom. The summed E-state index contributed by atoms with van der Waals surface area (Å²) in [6.45, 7) is 2.23. The SMILES string of the molecule is CCCCCCCc1c(N)cccc1N. The van der Waals surface area contributed by atoms with Crippen LogP contribution >= 0.6 is 0 Å². The molecule has 15 heavy (non-hydrogen) atoms. The summed E-state index contributed by atoms with van der Waals surface area (Å²) in [5.74, 6) is 0. The van der Waals surface area contributed by atoms with Crippen molar-refractivity contribution in [1.29, 1.82) is 0 Å². The zero-order valence-electron chi connectivity index (χ0n) is 9.63. The molecule has 0 aliphatic rings. The van der Waals surface area contributed by atoms with Crippen molar-refractivity contribution in [1.82, 2.24) is 0 Å². The Morgan fingerprint density at radius 2 is 1.53 bits per heavy atom. The molecule has 0 saturated heterocycles. The van der Waals surface area contributed by atoms with Crippen LogP contribution in [0.5, 0.6) is 0 Å². The minimum absolute atomic E-state index is 0.838. The third kappa shape index (κ3) is 3.82. The number of anilines is 2. The van der Waals surface area contributed by atoms with Gasteiger partial charge in [-0.05, 0) is 30.5 Å². The van der Waals surface area contributed by atoms with Crippen molar-refractivity contribution in [2.75, 3.05) is 11.5 Å². The quantitative estimate of drug-likeness (QED) is 0.554. The van der Waals surface area contributed by atoms with E-state index in [1.165, 1.54) is 32.1 Å². The Bertz CT molecular complexity index is 274. The van der Waals surface area contributed by atoms with Crippen molar-refractivity contribution in [2.24, 2.45) is 0 Å². The topological polar surface area (TPSA) is 52.0 Å². The van der Waals surface area contributed by atoms with Crippen LogP contribution in [-0.4, -0.2) is 0 Å². The predicted octanol–water partition coefficient (Wildman–Crippen LogP) is 3.36. The highest BCUT2D eigenvalue weighted by Gasteiger charge is 2.02. The highest BCUT2D eigenvalue weighted by atomic mass is 14.6. The van der Waals surface area contributed by atoms with E-state index in [-0.39, 0.29) is 0 Å². The molecule has 0 bridgehead atoms. The number of rotatable bonds is 6. The van der Waals surface area contributed by atoms with Gasteiger partial charge < -0.3 is 11.5 Å². The van der Waals surface area contributed by atoms with Crippen molar-refractivity contribution >= 4 is 11.4 Å². The first kappa shape index (κ1) is 11.9. The molecular weight excluding hydrogens is 184 g/mol. The molecule has 0 aromatic heterocycles. The van der Waals surface area contributed by atoms with E-state index in [4.69, 9.17) is 11.5 Å². The molecule has 0 spiro atoms. The van der Waals surface area contributed by atoms with E-state index < -0.39 is 0 Å². The molecule has 4 N–H and O–H groups in total. The molecule has 1 aromatic rings. The van der Waals surface area contributed by atoms with Gasteiger partial charge in [0.15, 0.2) is 0 Å². The average molecular weight is 206 g/mol. The predicted molar refractivity (Wildman–Crippen MR) is 67.7 cm³/mol. The normalized spacial score (nSPS) is 10.5. The van der Waals surface area contributed by atoms with Gasteiger partial charge in [0, 0.05) is 11.4 Å². The summed E-state index contributed by atoms with van der Waals surface area (Å²) in [6, 6.07) is 5.76. The fourth-order valence-electron chi connectivity index (χ4n) is 1.82. The molecule has 1 rings (SSSR count). The van der Waals surface area contributed by atoms with E-state index in [1.54, 1.807) is 0 Å². The van der Waals surface area contributed by atoms with Crippen LogP contribution in [0.25, 0.3) is 0 Å². The van der Waals surface area contributed by atoms with E-state index in [0.29, 0.717) is 0 Å². The van der Waals surface area contributed by atoms with Crippen molar-refractivity contribution in [3.05, 3.63) is 23.8 Å². The lowest BCUT2D eigenvalue weighted by atomic mass is 10.0. The highest BCUT2D eigenvalue weighted by molar-refractivity contribution is 5.61. The maximum Gasteiger partial charge on any atom is 0.0367 e. The van der Waals surface area contributed by atoms with Crippen LogP contribution in [0, 0.1) is 0 Å². The summed E-state index contributed by atoms with van der Waals surface area (Å²) in [4.78, 5) is 0. The van der Waals surface area contributed by atoms with E-state index in [9.17, 15) is 0 Å². The molecule has 2 heteroatoms. The van der Waals surface area contributed by atoms with Gasteiger partial charge in [-0.15, -0.1) is 0 Å². The molecule has 2 nitrogen and oxygen atoms in total. The van der Waals surface area contributed by atoms with Crippen molar-refractivity contribution in [2.45, 2.75) is 45.4 Å². The van der Waals surface area contributed by atoms with Gasteiger partial charge in [-0.1, -0.05) is 38.7 Å². The molecule has 0 amide bonds. The minimum Gasteiger partial charge on any atom is -0.398 e. The van der Waals surface area contributed by atoms with Crippen LogP contribution in [0.1, 0.15) is 44.6 Å². The molecule has 0 aliphatic carbocycles. The summed E-state index contributed by atoms with van der Waals surface area (Å²) < 4.78 is 0. The van der Waals surface area contributed by atoms with E-state index >= 15 is 0 Å². The molecule has 0 aliphatic heterocycles. The summed E-state index contributed by atoms with van der Waals surface area (Å²) in [5.41, 5.74) is 14.6. The Hall–Kier alpha value is -1.18. The Morgan fingerprint density at radius 1 is 0.933 bits per heavy atom. The zero-order valence-corrected chi connectivity index (χ0v) is 9.63. The number of nitrogen functional groups attached to an aromatic ring is 2. The second-order valence-corrected chi connectivity index (χ2v) is 4.08. The van der Waals surface area contributed by atoms with Crippen LogP contribution in [0.2, 0.25) is 0 Å². The van der Waals surface area contributed by atoms with Crippen molar-refractivity contribution < 1.29 is 0 Å². The lowest BCUT2D eigenvalue weighted by Crippen LogP contribution is -2.00. The third-order valence-corrected chi connectivity index (χ3v) is 2.78. The van der Waals surface area contributed by atoms with Crippen molar-refractivity contribution in [3.63, 3.8) is 0 Å². The van der Waals surface area contributed by atoms with Gasteiger partial charge in [-0.25, -0.2) is 0 Å². The fraction of sp³-hybridized carbons (Fsp3) is 0.538. The van der Waals surface area contributed by atoms with E-state index in [0.717, 1.165) is 23.4 Å². The number of hydrogen-bond donors (Lipinski definition) is 2. The first-order valence-electron chi connectivity index (χ1n) is 5.88. The Balaban J connectivity index is 2.37. The summed E-state index contributed by atoms with van der Waals surface area (Å²) in [5, 5.41) is 0. The monoisotopic (exact) mass is 206 g/mol. The van der Waals surface area contributed by atoms with Crippen LogP contribution in [-0.2, 0) is 6.42 Å². The first-order valence-corrected chi connectivity index (χ1v) is 5.88. The number of unbranched alkanes of at least 4 members (excludes halogenated alkanes) is 4. The molecule has 0 radical (unpaired) electrons. The molecule has 84 valence electrons. The summed E-state index contributed by atoms with van der Waals surface area (Å²) >= 11 is 0. The van der Waals surface area contributed by atoms with Crippen LogP contribution < -0.4 is 11.5 Å². The molecular formula is C13H22N2. The Labute approximate surface area is 92.7 Å². The lowest BCUT2D eigenvalue weighted by Gasteiger charge is -2.08. The first-order chi connectivity index (χ1) is 7.25. The zero-order chi connectivity index (χ0) is 11.1. The number of nitrogens with two attached hydrogens (primary N) is 2. The maximum absolute atomic E-state index is 5.88. The van der Waals surface area contributed by atoms with Crippen LogP contribution in [0.3, 0.4) is 0 Å². The van der Waals surface area contributed by atoms with Gasteiger partial charge in [-0.2, -0.15) is 0 Å².